The normalized spacial score (nSPS) is 16.9. The summed E-state index contributed by atoms with van der Waals surface area (Å²) in [5, 5.41) is 3.08. The molecule has 1 fully saturated rings. The van der Waals surface area contributed by atoms with Crippen LogP contribution in [-0.2, 0) is 9.53 Å². The van der Waals surface area contributed by atoms with Gasteiger partial charge in [-0.1, -0.05) is 57.0 Å². The maximum atomic E-state index is 12.9. The Balaban J connectivity index is 0.00000312. The standard InChI is InChI=1S/C19H31N3O2.2ClH/c1-3-15(4-2)18(22-10-12-24-13-11-22)19(23)21-14-17(20)16-8-6-5-7-9-16;;/h5-9,15,17-18H,3-4,10-14,20H2,1-2H3,(H,21,23);2*1H. The highest BCUT2D eigenvalue weighted by Crippen LogP contribution is 2.20. The van der Waals surface area contributed by atoms with Crippen LogP contribution in [0, 0.1) is 5.92 Å². The predicted octanol–water partition coefficient (Wildman–Crippen LogP) is 2.78. The number of carbonyl (C=O) groups is 1. The van der Waals surface area contributed by atoms with Crippen molar-refractivity contribution in [3.63, 3.8) is 0 Å². The average molecular weight is 406 g/mol. The summed E-state index contributed by atoms with van der Waals surface area (Å²) in [5.41, 5.74) is 7.26. The van der Waals surface area contributed by atoms with Crippen molar-refractivity contribution in [1.82, 2.24) is 10.2 Å². The molecule has 0 saturated carbocycles. The molecule has 2 atom stereocenters. The molecule has 2 rings (SSSR count). The molecule has 0 aliphatic carbocycles. The van der Waals surface area contributed by atoms with Gasteiger partial charge in [0.25, 0.3) is 0 Å². The highest BCUT2D eigenvalue weighted by Gasteiger charge is 2.32. The summed E-state index contributed by atoms with van der Waals surface area (Å²) in [6.45, 7) is 7.82. The van der Waals surface area contributed by atoms with Crippen LogP contribution in [0.25, 0.3) is 0 Å². The van der Waals surface area contributed by atoms with Crippen LogP contribution >= 0.6 is 24.8 Å². The molecule has 26 heavy (non-hydrogen) atoms. The number of nitrogens with two attached hydrogens (primary N) is 1. The minimum absolute atomic E-state index is 0. The lowest BCUT2D eigenvalue weighted by Gasteiger charge is -2.37. The molecule has 1 amide bonds. The van der Waals surface area contributed by atoms with Crippen LogP contribution in [0.15, 0.2) is 30.3 Å². The van der Waals surface area contributed by atoms with E-state index in [1.54, 1.807) is 0 Å². The van der Waals surface area contributed by atoms with Crippen molar-refractivity contribution in [2.75, 3.05) is 32.8 Å². The van der Waals surface area contributed by atoms with Crippen molar-refractivity contribution < 1.29 is 9.53 Å². The molecule has 1 heterocycles. The van der Waals surface area contributed by atoms with Crippen LogP contribution < -0.4 is 11.1 Å². The third kappa shape index (κ3) is 7.05. The maximum Gasteiger partial charge on any atom is 0.237 e. The largest absolute Gasteiger partial charge is 0.379 e. The van der Waals surface area contributed by atoms with Crippen molar-refractivity contribution in [3.8, 4) is 0 Å². The monoisotopic (exact) mass is 405 g/mol. The lowest BCUT2D eigenvalue weighted by atomic mass is 9.91. The van der Waals surface area contributed by atoms with Gasteiger partial charge >= 0.3 is 0 Å². The molecule has 2 unspecified atom stereocenters. The summed E-state index contributed by atoms with van der Waals surface area (Å²) in [5.74, 6) is 0.452. The molecule has 3 N–H and O–H groups in total. The van der Waals surface area contributed by atoms with Gasteiger partial charge in [-0.3, -0.25) is 9.69 Å². The fourth-order valence-corrected chi connectivity index (χ4v) is 3.40. The van der Waals surface area contributed by atoms with E-state index in [0.717, 1.165) is 31.5 Å². The molecule has 1 aromatic carbocycles. The van der Waals surface area contributed by atoms with Gasteiger partial charge in [0.15, 0.2) is 0 Å². The number of ether oxygens (including phenoxy) is 1. The summed E-state index contributed by atoms with van der Waals surface area (Å²) in [7, 11) is 0. The zero-order valence-corrected chi connectivity index (χ0v) is 17.4. The van der Waals surface area contributed by atoms with E-state index in [9.17, 15) is 4.79 Å². The van der Waals surface area contributed by atoms with Gasteiger partial charge in [0, 0.05) is 25.7 Å². The van der Waals surface area contributed by atoms with Gasteiger partial charge in [-0.05, 0) is 11.5 Å². The molecule has 7 heteroatoms. The second-order valence-electron chi connectivity index (χ2n) is 6.43. The number of rotatable bonds is 8. The van der Waals surface area contributed by atoms with Crippen molar-refractivity contribution >= 4 is 30.7 Å². The summed E-state index contributed by atoms with van der Waals surface area (Å²) >= 11 is 0. The van der Waals surface area contributed by atoms with Gasteiger partial charge in [-0.15, -0.1) is 24.8 Å². The van der Waals surface area contributed by atoms with E-state index in [2.05, 4.69) is 24.1 Å². The molecule has 0 aromatic heterocycles. The van der Waals surface area contributed by atoms with E-state index >= 15 is 0 Å². The van der Waals surface area contributed by atoms with E-state index in [-0.39, 0.29) is 42.8 Å². The first-order valence-corrected chi connectivity index (χ1v) is 9.07. The molecule has 0 spiro atoms. The van der Waals surface area contributed by atoms with Crippen LogP contribution in [0.2, 0.25) is 0 Å². The molecule has 5 nitrogen and oxygen atoms in total. The molecule has 1 saturated heterocycles. The molecule has 1 aliphatic heterocycles. The molecule has 1 aromatic rings. The van der Waals surface area contributed by atoms with Gasteiger partial charge in [-0.25, -0.2) is 0 Å². The van der Waals surface area contributed by atoms with E-state index in [1.807, 2.05) is 30.3 Å². The minimum atomic E-state index is -0.179. The highest BCUT2D eigenvalue weighted by atomic mass is 35.5. The van der Waals surface area contributed by atoms with Crippen molar-refractivity contribution in [2.45, 2.75) is 38.8 Å². The van der Waals surface area contributed by atoms with E-state index in [0.29, 0.717) is 25.7 Å². The summed E-state index contributed by atoms with van der Waals surface area (Å²) in [4.78, 5) is 15.2. The quantitative estimate of drug-likeness (QED) is 0.697. The Morgan fingerprint density at radius 1 is 1.15 bits per heavy atom. The first-order chi connectivity index (χ1) is 11.7. The Kier molecular flexibility index (Phi) is 12.9. The molecule has 150 valence electrons. The summed E-state index contributed by atoms with van der Waals surface area (Å²) in [6.07, 6.45) is 1.99. The van der Waals surface area contributed by atoms with Crippen LogP contribution in [0.1, 0.15) is 38.3 Å². The van der Waals surface area contributed by atoms with Crippen LogP contribution in [0.5, 0.6) is 0 Å². The summed E-state index contributed by atoms with van der Waals surface area (Å²) < 4.78 is 5.44. The molecular weight excluding hydrogens is 373 g/mol. The minimum Gasteiger partial charge on any atom is -0.379 e. The Bertz CT molecular complexity index is 495. The van der Waals surface area contributed by atoms with Crippen molar-refractivity contribution in [3.05, 3.63) is 35.9 Å². The zero-order chi connectivity index (χ0) is 17.4. The molecular formula is C19H33Cl2N3O2. The first-order valence-electron chi connectivity index (χ1n) is 9.07. The number of halogens is 2. The highest BCUT2D eigenvalue weighted by molar-refractivity contribution is 5.85. The third-order valence-corrected chi connectivity index (χ3v) is 4.93. The zero-order valence-electron chi connectivity index (χ0n) is 15.7. The van der Waals surface area contributed by atoms with Gasteiger partial charge < -0.3 is 15.8 Å². The number of nitrogens with zero attached hydrogens (tertiary/aromatic N) is 1. The molecule has 0 bridgehead atoms. The number of carbonyl (C=O) groups excluding carboxylic acids is 1. The van der Waals surface area contributed by atoms with E-state index in [4.69, 9.17) is 10.5 Å². The van der Waals surface area contributed by atoms with Gasteiger partial charge in [0.1, 0.15) is 0 Å². The fraction of sp³-hybridized carbons (Fsp3) is 0.632. The van der Waals surface area contributed by atoms with Crippen molar-refractivity contribution in [1.29, 1.82) is 0 Å². The first kappa shape index (κ1) is 25.1. The number of morpholine rings is 1. The third-order valence-electron chi connectivity index (χ3n) is 4.93. The number of amides is 1. The Morgan fingerprint density at radius 2 is 1.73 bits per heavy atom. The second kappa shape index (κ2) is 13.3. The van der Waals surface area contributed by atoms with E-state index in [1.165, 1.54) is 0 Å². The number of hydrogen-bond acceptors (Lipinski definition) is 4. The van der Waals surface area contributed by atoms with Gasteiger partial charge in [-0.2, -0.15) is 0 Å². The average Bonchev–Trinajstić information content (AvgIpc) is 2.65. The SMILES string of the molecule is CCC(CC)C(C(=O)NCC(N)c1ccccc1)N1CCOCC1.Cl.Cl. The Morgan fingerprint density at radius 3 is 2.27 bits per heavy atom. The van der Waals surface area contributed by atoms with Crippen LogP contribution in [-0.4, -0.2) is 49.7 Å². The number of benzene rings is 1. The lowest BCUT2D eigenvalue weighted by Crippen LogP contribution is -2.55. The fourth-order valence-electron chi connectivity index (χ4n) is 3.40. The predicted molar refractivity (Wildman–Crippen MR) is 111 cm³/mol. The number of hydrogen-bond donors (Lipinski definition) is 2. The Labute approximate surface area is 169 Å². The maximum absolute atomic E-state index is 12.9. The van der Waals surface area contributed by atoms with Crippen LogP contribution in [0.4, 0.5) is 0 Å². The molecule has 0 radical (unpaired) electrons. The van der Waals surface area contributed by atoms with Crippen LogP contribution in [0.3, 0.4) is 0 Å². The van der Waals surface area contributed by atoms with Gasteiger partial charge in [0.2, 0.25) is 5.91 Å². The lowest BCUT2D eigenvalue weighted by molar-refractivity contribution is -0.130. The second-order valence-corrected chi connectivity index (χ2v) is 6.43. The summed E-state index contributed by atoms with van der Waals surface area (Å²) in [6, 6.07) is 9.63. The van der Waals surface area contributed by atoms with Gasteiger partial charge in [0.05, 0.1) is 19.3 Å². The number of nitrogens with one attached hydrogen (secondary N) is 1. The smallest absolute Gasteiger partial charge is 0.237 e. The van der Waals surface area contributed by atoms with E-state index < -0.39 is 0 Å². The molecule has 1 aliphatic rings. The topological polar surface area (TPSA) is 67.6 Å². The van der Waals surface area contributed by atoms with Crippen molar-refractivity contribution in [2.24, 2.45) is 11.7 Å². The Hall–Kier alpha value is -0.850.